The van der Waals surface area contributed by atoms with Gasteiger partial charge in [-0.05, 0) is 19.3 Å². The lowest BCUT2D eigenvalue weighted by atomic mass is 10.2. The summed E-state index contributed by atoms with van der Waals surface area (Å²) in [6, 6.07) is 2.29. The first-order valence-corrected chi connectivity index (χ1v) is 7.30. The van der Waals surface area contributed by atoms with E-state index in [1.54, 1.807) is 0 Å². The summed E-state index contributed by atoms with van der Waals surface area (Å²) in [4.78, 5) is 0. The average molecular weight is 188 g/mol. The van der Waals surface area contributed by atoms with Crippen molar-refractivity contribution in [3.8, 4) is 0 Å². The molecule has 1 aliphatic rings. The van der Waals surface area contributed by atoms with Crippen LogP contribution in [-0.2, 0) is 4.74 Å². The van der Waals surface area contributed by atoms with Gasteiger partial charge in [-0.1, -0.05) is 25.9 Å². The van der Waals surface area contributed by atoms with E-state index in [0.29, 0.717) is 0 Å². The van der Waals surface area contributed by atoms with Crippen LogP contribution in [0.2, 0.25) is 12.1 Å². The van der Waals surface area contributed by atoms with Gasteiger partial charge in [0.15, 0.2) is 0 Å². The van der Waals surface area contributed by atoms with E-state index in [0.717, 1.165) is 38.0 Å². The standard InChI is InChI=1S/C9H20O2Si/c1-3-12(4-2)9(10)7-5-6-8-11-9/h10,12H,3-8H2,1-2H3. The number of ether oxygens (including phenoxy) is 1. The van der Waals surface area contributed by atoms with Crippen molar-refractivity contribution in [1.82, 2.24) is 0 Å². The molecule has 0 aliphatic carbocycles. The Balaban J connectivity index is 2.53. The zero-order chi connectivity index (χ0) is 9.03. The second kappa shape index (κ2) is 4.39. The molecule has 1 N–H and O–H groups in total. The highest BCUT2D eigenvalue weighted by molar-refractivity contribution is 6.61. The molecule has 0 amide bonds. The Morgan fingerprint density at radius 2 is 2.00 bits per heavy atom. The molecule has 1 heterocycles. The smallest absolute Gasteiger partial charge is 0.145 e. The van der Waals surface area contributed by atoms with Gasteiger partial charge < -0.3 is 9.84 Å². The third kappa shape index (κ3) is 2.09. The van der Waals surface area contributed by atoms with Crippen LogP contribution in [0, 0.1) is 0 Å². The van der Waals surface area contributed by atoms with Gasteiger partial charge in [0, 0.05) is 6.61 Å². The molecule has 1 atom stereocenters. The van der Waals surface area contributed by atoms with Crippen LogP contribution < -0.4 is 0 Å². The number of hydrogen-bond donors (Lipinski definition) is 1. The molecule has 72 valence electrons. The summed E-state index contributed by atoms with van der Waals surface area (Å²) >= 11 is 0. The highest BCUT2D eigenvalue weighted by Crippen LogP contribution is 2.27. The van der Waals surface area contributed by atoms with Crippen molar-refractivity contribution in [3.05, 3.63) is 0 Å². The largest absolute Gasteiger partial charge is 0.369 e. The van der Waals surface area contributed by atoms with Crippen molar-refractivity contribution in [2.45, 2.75) is 50.6 Å². The van der Waals surface area contributed by atoms with E-state index in [-0.39, 0.29) is 0 Å². The Bertz CT molecular complexity index is 128. The molecule has 1 unspecified atom stereocenters. The Kier molecular flexibility index (Phi) is 3.74. The SMILES string of the molecule is CC[SiH](CC)C1(O)CCCCO1. The second-order valence-electron chi connectivity index (χ2n) is 3.66. The first-order chi connectivity index (χ1) is 5.73. The van der Waals surface area contributed by atoms with E-state index >= 15 is 0 Å². The number of hydrogen-bond acceptors (Lipinski definition) is 2. The van der Waals surface area contributed by atoms with Gasteiger partial charge in [0.2, 0.25) is 0 Å². The van der Waals surface area contributed by atoms with Crippen molar-refractivity contribution in [2.75, 3.05) is 6.61 Å². The highest BCUT2D eigenvalue weighted by Gasteiger charge is 2.37. The van der Waals surface area contributed by atoms with Gasteiger partial charge in [-0.15, -0.1) is 0 Å². The molecule has 1 saturated heterocycles. The molecule has 0 aromatic heterocycles. The monoisotopic (exact) mass is 188 g/mol. The topological polar surface area (TPSA) is 29.5 Å². The molecule has 1 aliphatic heterocycles. The maximum atomic E-state index is 10.2. The number of aliphatic hydroxyl groups is 1. The third-order valence-electron chi connectivity index (χ3n) is 2.90. The third-order valence-corrected chi connectivity index (χ3v) is 6.61. The fourth-order valence-corrected chi connectivity index (χ4v) is 4.87. The predicted molar refractivity (Wildman–Crippen MR) is 52.9 cm³/mol. The predicted octanol–water partition coefficient (Wildman–Crippen LogP) is 1.68. The molecule has 0 aromatic rings. The van der Waals surface area contributed by atoms with Crippen molar-refractivity contribution >= 4 is 8.80 Å². The van der Waals surface area contributed by atoms with Crippen LogP contribution in [0.4, 0.5) is 0 Å². The summed E-state index contributed by atoms with van der Waals surface area (Å²) in [5.41, 5.74) is -0.665. The minimum atomic E-state index is -1.06. The summed E-state index contributed by atoms with van der Waals surface area (Å²) in [5.74, 6) is 0. The fourth-order valence-electron chi connectivity index (χ4n) is 2.05. The van der Waals surface area contributed by atoms with Gasteiger partial charge in [-0.2, -0.15) is 0 Å². The normalized spacial score (nSPS) is 31.0. The van der Waals surface area contributed by atoms with Crippen molar-refractivity contribution in [2.24, 2.45) is 0 Å². The van der Waals surface area contributed by atoms with E-state index in [1.165, 1.54) is 0 Å². The summed E-state index contributed by atoms with van der Waals surface area (Å²) < 4.78 is 5.53. The molecule has 0 spiro atoms. The van der Waals surface area contributed by atoms with Gasteiger partial charge in [0.1, 0.15) is 14.2 Å². The summed E-state index contributed by atoms with van der Waals surface area (Å²) in [6.45, 7) is 5.12. The Labute approximate surface area is 76.5 Å². The van der Waals surface area contributed by atoms with Crippen LogP contribution in [0.3, 0.4) is 0 Å². The van der Waals surface area contributed by atoms with E-state index in [1.807, 2.05) is 0 Å². The van der Waals surface area contributed by atoms with Crippen LogP contribution >= 0.6 is 0 Å². The Morgan fingerprint density at radius 3 is 2.42 bits per heavy atom. The lowest BCUT2D eigenvalue weighted by Gasteiger charge is -2.37. The Morgan fingerprint density at radius 1 is 1.33 bits per heavy atom. The quantitative estimate of drug-likeness (QED) is 0.683. The molecule has 0 bridgehead atoms. The molecular weight excluding hydrogens is 168 g/mol. The van der Waals surface area contributed by atoms with Crippen LogP contribution in [0.25, 0.3) is 0 Å². The summed E-state index contributed by atoms with van der Waals surface area (Å²) in [7, 11) is -1.06. The minimum Gasteiger partial charge on any atom is -0.369 e. The highest BCUT2D eigenvalue weighted by atomic mass is 28.3. The van der Waals surface area contributed by atoms with Crippen molar-refractivity contribution < 1.29 is 9.84 Å². The molecule has 12 heavy (non-hydrogen) atoms. The first kappa shape index (κ1) is 10.2. The zero-order valence-electron chi connectivity index (χ0n) is 8.18. The molecule has 0 saturated carbocycles. The second-order valence-corrected chi connectivity index (χ2v) is 7.59. The van der Waals surface area contributed by atoms with Gasteiger partial charge in [0.25, 0.3) is 0 Å². The van der Waals surface area contributed by atoms with Gasteiger partial charge in [-0.25, -0.2) is 0 Å². The molecule has 2 nitrogen and oxygen atoms in total. The average Bonchev–Trinajstić information content (AvgIpc) is 2.07. The molecule has 0 aromatic carbocycles. The van der Waals surface area contributed by atoms with E-state index in [4.69, 9.17) is 4.74 Å². The molecular formula is C9H20O2Si. The molecule has 1 rings (SSSR count). The maximum Gasteiger partial charge on any atom is 0.145 e. The molecule has 3 heteroatoms. The van der Waals surface area contributed by atoms with Gasteiger partial charge in [0.05, 0.1) is 0 Å². The zero-order valence-corrected chi connectivity index (χ0v) is 9.33. The summed E-state index contributed by atoms with van der Waals surface area (Å²) in [5, 5.41) is 10.2. The lowest BCUT2D eigenvalue weighted by molar-refractivity contribution is -0.167. The van der Waals surface area contributed by atoms with Gasteiger partial charge in [-0.3, -0.25) is 0 Å². The summed E-state index contributed by atoms with van der Waals surface area (Å²) in [6.07, 6.45) is 3.14. The lowest BCUT2D eigenvalue weighted by Crippen LogP contribution is -2.49. The van der Waals surface area contributed by atoms with Crippen LogP contribution in [0.15, 0.2) is 0 Å². The van der Waals surface area contributed by atoms with Gasteiger partial charge >= 0.3 is 0 Å². The van der Waals surface area contributed by atoms with Crippen molar-refractivity contribution in [1.29, 1.82) is 0 Å². The molecule has 0 radical (unpaired) electrons. The maximum absolute atomic E-state index is 10.2. The fraction of sp³-hybridized carbons (Fsp3) is 1.00. The van der Waals surface area contributed by atoms with E-state index in [2.05, 4.69) is 13.8 Å². The van der Waals surface area contributed by atoms with Crippen LogP contribution in [-0.4, -0.2) is 25.9 Å². The van der Waals surface area contributed by atoms with E-state index < -0.39 is 14.2 Å². The minimum absolute atomic E-state index is 0.665. The van der Waals surface area contributed by atoms with Crippen molar-refractivity contribution in [3.63, 3.8) is 0 Å². The van der Waals surface area contributed by atoms with E-state index in [9.17, 15) is 5.11 Å². The van der Waals surface area contributed by atoms with Crippen LogP contribution in [0.5, 0.6) is 0 Å². The molecule has 1 fully saturated rings. The first-order valence-electron chi connectivity index (χ1n) is 5.09. The Hall–Kier alpha value is 0.137. The van der Waals surface area contributed by atoms with Crippen LogP contribution in [0.1, 0.15) is 33.1 Å². The number of rotatable bonds is 3.